The molecule has 0 fully saturated rings. The molecule has 0 aromatic heterocycles. The van der Waals surface area contributed by atoms with Crippen LogP contribution in [-0.2, 0) is 19.4 Å². The first-order valence-electron chi connectivity index (χ1n) is 9.17. The zero-order valence-electron chi connectivity index (χ0n) is 16.4. The zero-order chi connectivity index (χ0) is 21.4. The van der Waals surface area contributed by atoms with Crippen LogP contribution < -0.4 is 26.8 Å². The minimum Gasteiger partial charge on any atom is -0.508 e. The number of ether oxygens (including phenoxy) is 1. The van der Waals surface area contributed by atoms with E-state index in [4.69, 9.17) is 27.0 Å². The molecule has 0 spiro atoms. The Kier molecular flexibility index (Phi) is 7.53. The Morgan fingerprint density at radius 3 is 2.21 bits per heavy atom. The third kappa shape index (κ3) is 7.13. The van der Waals surface area contributed by atoms with Crippen molar-refractivity contribution in [3.05, 3.63) is 52.6 Å². The summed E-state index contributed by atoms with van der Waals surface area (Å²) in [5.74, 6) is 0.298. The number of phenolic OH excluding ortho intramolecular Hbond substituents is 2. The number of aromatic hydroxyl groups is 2. The molecule has 0 amide bonds. The number of hydrogen-bond acceptors (Lipinski definition) is 5. The third-order valence-corrected chi connectivity index (χ3v) is 4.15. The van der Waals surface area contributed by atoms with Crippen LogP contribution in [0.3, 0.4) is 0 Å². The van der Waals surface area contributed by atoms with Crippen molar-refractivity contribution in [2.45, 2.75) is 26.4 Å². The quantitative estimate of drug-likeness (QED) is 0.229. The second-order valence-electron chi connectivity index (χ2n) is 6.75. The van der Waals surface area contributed by atoms with Gasteiger partial charge in [-0.3, -0.25) is 10.8 Å². The van der Waals surface area contributed by atoms with E-state index in [1.54, 1.807) is 18.2 Å². The molecule has 0 aliphatic rings. The average Bonchev–Trinajstić information content (AvgIpc) is 2.59. The summed E-state index contributed by atoms with van der Waals surface area (Å²) in [6, 6.07) is 8.68. The van der Waals surface area contributed by atoms with Gasteiger partial charge in [0.15, 0.2) is 23.4 Å². The molecule has 9 nitrogen and oxygen atoms in total. The van der Waals surface area contributed by atoms with Crippen LogP contribution in [0.2, 0.25) is 0 Å². The molecule has 29 heavy (non-hydrogen) atoms. The topological polar surface area (TPSA) is 173 Å². The first kappa shape index (κ1) is 21.7. The SMILES string of the molecule is Cc1cc(O)c(OCc2cc(O)cc(CCNC(=N)N)c2)c(CCNC(=N)N)c1. The van der Waals surface area contributed by atoms with Gasteiger partial charge in [0, 0.05) is 18.7 Å². The molecule has 9 heteroatoms. The van der Waals surface area contributed by atoms with Gasteiger partial charge >= 0.3 is 0 Å². The summed E-state index contributed by atoms with van der Waals surface area (Å²) in [5, 5.41) is 40.2. The number of aryl methyl sites for hydroxylation is 1. The first-order valence-corrected chi connectivity index (χ1v) is 9.17. The summed E-state index contributed by atoms with van der Waals surface area (Å²) < 4.78 is 5.88. The Labute approximate surface area is 169 Å². The van der Waals surface area contributed by atoms with Gasteiger partial charge in [0.2, 0.25) is 0 Å². The second kappa shape index (κ2) is 10.1. The molecular formula is C20H28N6O3. The minimum atomic E-state index is -0.115. The maximum absolute atomic E-state index is 10.3. The molecule has 10 N–H and O–H groups in total. The molecular weight excluding hydrogens is 372 g/mol. The van der Waals surface area contributed by atoms with E-state index in [1.807, 2.05) is 19.1 Å². The predicted molar refractivity (Wildman–Crippen MR) is 113 cm³/mol. The molecule has 0 bridgehead atoms. The summed E-state index contributed by atoms with van der Waals surface area (Å²) in [7, 11) is 0. The Morgan fingerprint density at radius 2 is 1.55 bits per heavy atom. The predicted octanol–water partition coefficient (Wildman–Crippen LogP) is 1.04. The second-order valence-corrected chi connectivity index (χ2v) is 6.75. The Morgan fingerprint density at radius 1 is 0.931 bits per heavy atom. The minimum absolute atomic E-state index is 0.0360. The highest BCUT2D eigenvalue weighted by Gasteiger charge is 2.12. The average molecular weight is 400 g/mol. The van der Waals surface area contributed by atoms with Crippen LogP contribution in [0.1, 0.15) is 22.3 Å². The molecule has 2 aromatic rings. The lowest BCUT2D eigenvalue weighted by atomic mass is 10.1. The van der Waals surface area contributed by atoms with Crippen LogP contribution in [-0.4, -0.2) is 35.2 Å². The van der Waals surface area contributed by atoms with Gasteiger partial charge in [0.1, 0.15) is 12.4 Å². The van der Waals surface area contributed by atoms with Gasteiger partial charge < -0.3 is 37.1 Å². The molecule has 0 radical (unpaired) electrons. The molecule has 2 aromatic carbocycles. The highest BCUT2D eigenvalue weighted by molar-refractivity contribution is 5.74. The van der Waals surface area contributed by atoms with Gasteiger partial charge in [-0.15, -0.1) is 0 Å². The van der Waals surface area contributed by atoms with Crippen molar-refractivity contribution >= 4 is 11.9 Å². The summed E-state index contributed by atoms with van der Waals surface area (Å²) in [4.78, 5) is 0. The highest BCUT2D eigenvalue weighted by Crippen LogP contribution is 2.33. The van der Waals surface area contributed by atoms with Crippen LogP contribution in [0, 0.1) is 17.7 Å². The van der Waals surface area contributed by atoms with Crippen LogP contribution in [0.5, 0.6) is 17.2 Å². The number of hydrogen-bond donors (Lipinski definition) is 8. The van der Waals surface area contributed by atoms with Crippen molar-refractivity contribution in [2.24, 2.45) is 11.5 Å². The summed E-state index contributed by atoms with van der Waals surface area (Å²) >= 11 is 0. The first-order chi connectivity index (χ1) is 13.7. The number of phenols is 2. The van der Waals surface area contributed by atoms with Crippen LogP contribution in [0.25, 0.3) is 0 Å². The maximum Gasteiger partial charge on any atom is 0.185 e. The summed E-state index contributed by atoms with van der Waals surface area (Å²) in [5.41, 5.74) is 13.9. The normalized spacial score (nSPS) is 10.4. The van der Waals surface area contributed by atoms with E-state index in [9.17, 15) is 10.2 Å². The fourth-order valence-electron chi connectivity index (χ4n) is 2.98. The third-order valence-electron chi connectivity index (χ3n) is 4.15. The number of guanidine groups is 2. The fourth-order valence-corrected chi connectivity index (χ4v) is 2.98. The molecule has 0 aliphatic heterocycles. The molecule has 156 valence electrons. The summed E-state index contributed by atoms with van der Waals surface area (Å²) in [6.45, 7) is 2.95. The van der Waals surface area contributed by atoms with E-state index in [-0.39, 0.29) is 30.0 Å². The van der Waals surface area contributed by atoms with E-state index < -0.39 is 0 Å². The number of nitrogens with one attached hydrogen (secondary N) is 4. The molecule has 0 heterocycles. The smallest absolute Gasteiger partial charge is 0.185 e. The maximum atomic E-state index is 10.3. The van der Waals surface area contributed by atoms with E-state index in [0.29, 0.717) is 31.7 Å². The van der Waals surface area contributed by atoms with Crippen molar-refractivity contribution in [3.8, 4) is 17.2 Å². The largest absolute Gasteiger partial charge is 0.508 e. The molecule has 0 atom stereocenters. The van der Waals surface area contributed by atoms with Gasteiger partial charge in [0.05, 0.1) is 0 Å². The molecule has 0 saturated heterocycles. The van der Waals surface area contributed by atoms with Crippen LogP contribution in [0.15, 0.2) is 30.3 Å². The molecule has 0 saturated carbocycles. The molecule has 2 rings (SSSR count). The lowest BCUT2D eigenvalue weighted by Crippen LogP contribution is -2.31. The Balaban J connectivity index is 2.11. The van der Waals surface area contributed by atoms with Gasteiger partial charge in [-0.05, 0) is 54.7 Å². The van der Waals surface area contributed by atoms with Gasteiger partial charge in [-0.1, -0.05) is 12.1 Å². The van der Waals surface area contributed by atoms with Crippen molar-refractivity contribution in [2.75, 3.05) is 13.1 Å². The van der Waals surface area contributed by atoms with Crippen molar-refractivity contribution in [1.29, 1.82) is 10.8 Å². The van der Waals surface area contributed by atoms with E-state index in [1.165, 1.54) is 0 Å². The van der Waals surface area contributed by atoms with Crippen LogP contribution >= 0.6 is 0 Å². The van der Waals surface area contributed by atoms with E-state index >= 15 is 0 Å². The Bertz CT molecular complexity index is 885. The van der Waals surface area contributed by atoms with Crippen LogP contribution in [0.4, 0.5) is 0 Å². The van der Waals surface area contributed by atoms with Gasteiger partial charge in [0.25, 0.3) is 0 Å². The Hall–Kier alpha value is -3.62. The lowest BCUT2D eigenvalue weighted by molar-refractivity contribution is 0.285. The van der Waals surface area contributed by atoms with Gasteiger partial charge in [-0.25, -0.2) is 0 Å². The van der Waals surface area contributed by atoms with Crippen molar-refractivity contribution < 1.29 is 14.9 Å². The zero-order valence-corrected chi connectivity index (χ0v) is 16.4. The van der Waals surface area contributed by atoms with E-state index in [2.05, 4.69) is 10.6 Å². The van der Waals surface area contributed by atoms with Crippen molar-refractivity contribution in [1.82, 2.24) is 10.6 Å². The molecule has 0 unspecified atom stereocenters. The monoisotopic (exact) mass is 400 g/mol. The number of benzene rings is 2. The summed E-state index contributed by atoms with van der Waals surface area (Å²) in [6.07, 6.45) is 1.10. The van der Waals surface area contributed by atoms with Crippen molar-refractivity contribution in [3.63, 3.8) is 0 Å². The molecule has 0 aliphatic carbocycles. The fraction of sp³-hybridized carbons (Fsp3) is 0.300. The number of rotatable bonds is 9. The lowest BCUT2D eigenvalue weighted by Gasteiger charge is -2.15. The standard InChI is InChI=1S/C20H28N6O3/c1-12-6-15(3-5-26-20(23)24)18(17(28)7-12)29-11-14-8-13(9-16(27)10-14)2-4-25-19(21)22/h6-10,27-28H,2-5,11H2,1H3,(H4,21,22,25)(H4,23,24,26). The number of nitrogens with two attached hydrogens (primary N) is 2. The highest BCUT2D eigenvalue weighted by atomic mass is 16.5. The van der Waals surface area contributed by atoms with E-state index in [0.717, 1.165) is 22.3 Å². The van der Waals surface area contributed by atoms with Gasteiger partial charge in [-0.2, -0.15) is 0 Å².